The fraction of sp³-hybridized carbons (Fsp3) is 0.182. The number of carbonyl (C=O) groups is 2. The van der Waals surface area contributed by atoms with Gasteiger partial charge in [0.15, 0.2) is 0 Å². The average Bonchev–Trinajstić information content (AvgIpc) is 3.49. The molecule has 0 spiro atoms. The molecular formula is C22H19N3O5S. The Hall–Kier alpha value is -3.72. The molecule has 0 bridgehead atoms. The number of nitrogens with one attached hydrogen (secondary N) is 1. The van der Waals surface area contributed by atoms with Gasteiger partial charge in [-0.15, -0.1) is 11.3 Å². The number of hydrogen-bond acceptors (Lipinski definition) is 7. The summed E-state index contributed by atoms with van der Waals surface area (Å²) >= 11 is 1.34. The van der Waals surface area contributed by atoms with Gasteiger partial charge in [0, 0.05) is 30.9 Å². The Morgan fingerprint density at radius 3 is 2.45 bits per heavy atom. The third-order valence-corrected chi connectivity index (χ3v) is 5.79. The van der Waals surface area contributed by atoms with Crippen molar-refractivity contribution in [3.63, 3.8) is 0 Å². The number of hydrogen-bond donors (Lipinski definition) is 1. The number of non-ortho nitro benzene ring substituents is 1. The lowest BCUT2D eigenvalue weighted by atomic mass is 10.1. The van der Waals surface area contributed by atoms with Crippen LogP contribution in [0.15, 0.2) is 60.0 Å². The van der Waals surface area contributed by atoms with Gasteiger partial charge in [0.2, 0.25) is 0 Å². The van der Waals surface area contributed by atoms with Crippen LogP contribution in [0.3, 0.4) is 0 Å². The molecule has 1 amide bonds. The number of thiophene rings is 1. The van der Waals surface area contributed by atoms with E-state index in [0.29, 0.717) is 16.3 Å². The molecule has 1 aromatic heterocycles. The Balaban J connectivity index is 1.50. The van der Waals surface area contributed by atoms with Gasteiger partial charge in [-0.3, -0.25) is 14.9 Å². The van der Waals surface area contributed by atoms with Crippen molar-refractivity contribution in [3.8, 4) is 5.75 Å². The molecule has 4 rings (SSSR count). The Labute approximate surface area is 182 Å². The molecule has 8 nitrogen and oxygen atoms in total. The van der Waals surface area contributed by atoms with E-state index >= 15 is 0 Å². The molecule has 9 heteroatoms. The lowest BCUT2D eigenvalue weighted by molar-refractivity contribution is -0.384. The lowest BCUT2D eigenvalue weighted by Crippen LogP contribution is -2.22. The summed E-state index contributed by atoms with van der Waals surface area (Å²) in [5, 5.41) is 15.8. The molecule has 0 unspecified atom stereocenters. The van der Waals surface area contributed by atoms with Gasteiger partial charge in [-0.2, -0.15) is 0 Å². The Morgan fingerprint density at radius 2 is 1.81 bits per heavy atom. The van der Waals surface area contributed by atoms with Crippen LogP contribution >= 0.6 is 11.3 Å². The second-order valence-corrected chi connectivity index (χ2v) is 7.95. The van der Waals surface area contributed by atoms with Gasteiger partial charge >= 0.3 is 5.97 Å². The van der Waals surface area contributed by atoms with Crippen molar-refractivity contribution in [2.45, 2.75) is 12.8 Å². The first kappa shape index (κ1) is 20.5. The predicted molar refractivity (Wildman–Crippen MR) is 118 cm³/mol. The second kappa shape index (κ2) is 8.97. The van der Waals surface area contributed by atoms with Crippen LogP contribution in [0.4, 0.5) is 17.1 Å². The maximum atomic E-state index is 12.8. The highest BCUT2D eigenvalue weighted by molar-refractivity contribution is 7.12. The summed E-state index contributed by atoms with van der Waals surface area (Å²) in [5.74, 6) is -0.606. The molecule has 2 heterocycles. The van der Waals surface area contributed by atoms with Gasteiger partial charge in [0.25, 0.3) is 11.6 Å². The predicted octanol–water partition coefficient (Wildman–Crippen LogP) is 4.73. The van der Waals surface area contributed by atoms with Crippen molar-refractivity contribution in [2.24, 2.45) is 0 Å². The van der Waals surface area contributed by atoms with Gasteiger partial charge in [0.05, 0.1) is 21.1 Å². The zero-order valence-corrected chi connectivity index (χ0v) is 17.3. The fourth-order valence-corrected chi connectivity index (χ4v) is 4.02. The van der Waals surface area contributed by atoms with Crippen LogP contribution in [0.5, 0.6) is 5.75 Å². The first-order valence-electron chi connectivity index (χ1n) is 9.72. The normalized spacial score (nSPS) is 13.1. The van der Waals surface area contributed by atoms with E-state index in [0.717, 1.165) is 25.9 Å². The maximum Gasteiger partial charge on any atom is 0.345 e. The monoisotopic (exact) mass is 437 g/mol. The number of carbonyl (C=O) groups excluding carboxylic acids is 2. The Morgan fingerprint density at radius 1 is 1.06 bits per heavy atom. The summed E-state index contributed by atoms with van der Waals surface area (Å²) in [6.07, 6.45) is 2.01. The van der Waals surface area contributed by atoms with Crippen LogP contribution in [0, 0.1) is 10.1 Å². The number of nitro groups is 1. The van der Waals surface area contributed by atoms with Gasteiger partial charge in [-0.25, -0.2) is 4.79 Å². The van der Waals surface area contributed by atoms with Gasteiger partial charge in [-0.1, -0.05) is 6.07 Å². The van der Waals surface area contributed by atoms with E-state index in [1.807, 2.05) is 10.3 Å². The highest BCUT2D eigenvalue weighted by atomic mass is 32.1. The van der Waals surface area contributed by atoms with Crippen LogP contribution < -0.4 is 15.0 Å². The van der Waals surface area contributed by atoms with Gasteiger partial charge in [-0.05, 0) is 54.6 Å². The average molecular weight is 437 g/mol. The number of esters is 1. The minimum absolute atomic E-state index is 0.158. The third-order valence-electron chi connectivity index (χ3n) is 4.93. The molecule has 0 aliphatic carbocycles. The standard InChI is InChI=1S/C22H19N3O5S/c26-21(20-4-3-13-31-20)23-15-5-8-17(9-6-15)30-22(27)18-14-16(25(28)29)7-10-19(18)24-11-1-2-12-24/h3-10,13-14H,1-2,11-12H2,(H,23,26). The molecule has 0 saturated carbocycles. The summed E-state index contributed by atoms with van der Waals surface area (Å²) in [4.78, 5) is 38.2. The number of ether oxygens (including phenoxy) is 1. The van der Waals surface area contributed by atoms with Crippen molar-refractivity contribution in [1.29, 1.82) is 0 Å². The van der Waals surface area contributed by atoms with Crippen LogP contribution in [-0.4, -0.2) is 29.9 Å². The van der Waals surface area contributed by atoms with Crippen molar-refractivity contribution >= 4 is 40.3 Å². The van der Waals surface area contributed by atoms with Crippen molar-refractivity contribution < 1.29 is 19.2 Å². The SMILES string of the molecule is O=C(Nc1ccc(OC(=O)c2cc([N+](=O)[O-])ccc2N2CCCC2)cc1)c1cccs1. The van der Waals surface area contributed by atoms with Gasteiger partial charge < -0.3 is 15.0 Å². The molecular weight excluding hydrogens is 418 g/mol. The first-order chi connectivity index (χ1) is 15.0. The van der Waals surface area contributed by atoms with Gasteiger partial charge in [0.1, 0.15) is 5.75 Å². The smallest absolute Gasteiger partial charge is 0.345 e. The van der Waals surface area contributed by atoms with Crippen molar-refractivity contribution in [2.75, 3.05) is 23.3 Å². The van der Waals surface area contributed by atoms with Crippen LogP contribution in [-0.2, 0) is 0 Å². The molecule has 3 aromatic rings. The van der Waals surface area contributed by atoms with E-state index in [4.69, 9.17) is 4.74 Å². The number of benzene rings is 2. The second-order valence-electron chi connectivity index (χ2n) is 7.00. The highest BCUT2D eigenvalue weighted by Crippen LogP contribution is 2.29. The van der Waals surface area contributed by atoms with Crippen molar-refractivity contribution in [1.82, 2.24) is 0 Å². The van der Waals surface area contributed by atoms with Crippen LogP contribution in [0.25, 0.3) is 0 Å². The lowest BCUT2D eigenvalue weighted by Gasteiger charge is -2.20. The largest absolute Gasteiger partial charge is 0.423 e. The summed E-state index contributed by atoms with van der Waals surface area (Å²) in [6, 6.07) is 14.2. The fourth-order valence-electron chi connectivity index (χ4n) is 3.40. The molecule has 31 heavy (non-hydrogen) atoms. The Kier molecular flexibility index (Phi) is 5.94. The molecule has 1 aliphatic heterocycles. The third kappa shape index (κ3) is 4.72. The molecule has 158 valence electrons. The molecule has 1 saturated heterocycles. The van der Waals surface area contributed by atoms with Crippen LogP contribution in [0.2, 0.25) is 0 Å². The highest BCUT2D eigenvalue weighted by Gasteiger charge is 2.24. The molecule has 1 N–H and O–H groups in total. The zero-order valence-electron chi connectivity index (χ0n) is 16.4. The molecule has 1 fully saturated rings. The quantitative estimate of drug-likeness (QED) is 0.259. The summed E-state index contributed by atoms with van der Waals surface area (Å²) in [5.41, 5.74) is 1.19. The van der Waals surface area contributed by atoms with E-state index in [-0.39, 0.29) is 22.9 Å². The number of nitrogens with zero attached hydrogens (tertiary/aromatic N) is 2. The number of rotatable bonds is 6. The molecule has 0 atom stereocenters. The maximum absolute atomic E-state index is 12.8. The number of amides is 1. The summed E-state index contributed by atoms with van der Waals surface area (Å²) in [6.45, 7) is 1.58. The van der Waals surface area contributed by atoms with E-state index in [2.05, 4.69) is 5.32 Å². The topological polar surface area (TPSA) is 102 Å². The zero-order chi connectivity index (χ0) is 21.8. The van der Waals surface area contributed by atoms with Crippen LogP contribution in [0.1, 0.15) is 32.9 Å². The van der Waals surface area contributed by atoms with E-state index < -0.39 is 10.9 Å². The van der Waals surface area contributed by atoms with E-state index in [1.54, 1.807) is 42.5 Å². The summed E-state index contributed by atoms with van der Waals surface area (Å²) in [7, 11) is 0. The van der Waals surface area contributed by atoms with Crippen molar-refractivity contribution in [3.05, 3.63) is 80.5 Å². The Bertz CT molecular complexity index is 1110. The summed E-state index contributed by atoms with van der Waals surface area (Å²) < 4.78 is 5.47. The molecule has 0 radical (unpaired) electrons. The molecule has 1 aliphatic rings. The minimum Gasteiger partial charge on any atom is -0.423 e. The number of anilines is 2. The number of nitro benzene ring substituents is 1. The van der Waals surface area contributed by atoms with E-state index in [1.165, 1.54) is 23.5 Å². The minimum atomic E-state index is -0.666. The molecule has 2 aromatic carbocycles. The van der Waals surface area contributed by atoms with E-state index in [9.17, 15) is 19.7 Å². The first-order valence-corrected chi connectivity index (χ1v) is 10.6.